The monoisotopic (exact) mass is 434 g/mol. The number of benzene rings is 1. The average Bonchev–Trinajstić information content (AvgIpc) is 3.58. The summed E-state index contributed by atoms with van der Waals surface area (Å²) in [6, 6.07) is 12.3. The molecule has 2 aliphatic heterocycles. The summed E-state index contributed by atoms with van der Waals surface area (Å²) in [6.07, 6.45) is 2.72. The number of likely N-dealkylation sites (tertiary alicyclic amines) is 1. The van der Waals surface area contributed by atoms with Crippen molar-refractivity contribution in [1.29, 1.82) is 0 Å². The summed E-state index contributed by atoms with van der Waals surface area (Å²) in [5.74, 6) is 1.94. The molecule has 32 heavy (non-hydrogen) atoms. The van der Waals surface area contributed by atoms with Crippen LogP contribution in [0.2, 0.25) is 0 Å². The van der Waals surface area contributed by atoms with Crippen molar-refractivity contribution in [2.24, 2.45) is 0 Å². The van der Waals surface area contributed by atoms with E-state index in [1.165, 1.54) is 0 Å². The second-order valence-electron chi connectivity index (χ2n) is 8.75. The zero-order chi connectivity index (χ0) is 22.1. The molecule has 0 saturated carbocycles. The normalized spacial score (nSPS) is 19.6. The number of carbonyl (C=O) groups is 1. The van der Waals surface area contributed by atoms with Crippen molar-refractivity contribution in [3.8, 4) is 11.3 Å². The van der Waals surface area contributed by atoms with Crippen LogP contribution < -0.4 is 0 Å². The fraction of sp³-hybridized carbons (Fsp3) is 0.480. The van der Waals surface area contributed by atoms with Gasteiger partial charge < -0.3 is 18.7 Å². The van der Waals surface area contributed by atoms with Crippen molar-refractivity contribution < 1.29 is 14.1 Å². The van der Waals surface area contributed by atoms with Crippen molar-refractivity contribution >= 4 is 5.91 Å². The number of nitrogens with zero attached hydrogens (tertiary/aromatic N) is 4. The minimum absolute atomic E-state index is 0.0820. The van der Waals surface area contributed by atoms with Crippen LogP contribution in [0.1, 0.15) is 65.8 Å². The standard InChI is InChI=1S/C25H30N4O3/c1-3-29-17(2)21(15-22(29)18-7-5-4-6-8-18)25(30)28-12-9-20(16-28)24-26-23(27-32-24)19-10-13-31-14-11-19/h4-8,15,19-20H,3,9-14,16H2,1-2H3. The predicted octanol–water partition coefficient (Wildman–Crippen LogP) is 4.39. The van der Waals surface area contributed by atoms with Gasteiger partial charge in [-0.2, -0.15) is 4.98 Å². The summed E-state index contributed by atoms with van der Waals surface area (Å²) in [4.78, 5) is 20.1. The summed E-state index contributed by atoms with van der Waals surface area (Å²) in [6.45, 7) is 7.80. The Balaban J connectivity index is 1.32. The van der Waals surface area contributed by atoms with Gasteiger partial charge in [0, 0.05) is 50.2 Å². The zero-order valence-corrected chi connectivity index (χ0v) is 18.8. The van der Waals surface area contributed by atoms with Crippen LogP contribution in [-0.2, 0) is 11.3 Å². The van der Waals surface area contributed by atoms with Gasteiger partial charge >= 0.3 is 0 Å². The molecule has 1 unspecified atom stereocenters. The first-order valence-corrected chi connectivity index (χ1v) is 11.6. The van der Waals surface area contributed by atoms with Gasteiger partial charge in [-0.1, -0.05) is 35.5 Å². The minimum atomic E-state index is 0.0820. The first-order valence-electron chi connectivity index (χ1n) is 11.6. The number of carbonyl (C=O) groups excluding carboxylic acids is 1. The van der Waals surface area contributed by atoms with E-state index in [1.807, 2.05) is 36.1 Å². The van der Waals surface area contributed by atoms with Crippen LogP contribution in [0, 0.1) is 6.92 Å². The van der Waals surface area contributed by atoms with Crippen LogP contribution in [0.5, 0.6) is 0 Å². The van der Waals surface area contributed by atoms with Gasteiger partial charge in [0.25, 0.3) is 5.91 Å². The second-order valence-corrected chi connectivity index (χ2v) is 8.75. The molecular weight excluding hydrogens is 404 g/mol. The summed E-state index contributed by atoms with van der Waals surface area (Å²) >= 11 is 0. The number of hydrogen-bond donors (Lipinski definition) is 0. The molecule has 7 heteroatoms. The third kappa shape index (κ3) is 3.86. The van der Waals surface area contributed by atoms with Crippen molar-refractivity contribution in [3.05, 3.63) is 59.4 Å². The third-order valence-electron chi connectivity index (χ3n) is 6.85. The molecule has 2 fully saturated rings. The molecule has 0 aliphatic carbocycles. The topological polar surface area (TPSA) is 73.4 Å². The number of aromatic nitrogens is 3. The van der Waals surface area contributed by atoms with Gasteiger partial charge in [0.2, 0.25) is 5.89 Å². The van der Waals surface area contributed by atoms with E-state index in [1.54, 1.807) is 0 Å². The SMILES string of the molecule is CCn1c(-c2ccccc2)cc(C(=O)N2CCC(c3nc(C4CCOCC4)no3)C2)c1C. The van der Waals surface area contributed by atoms with E-state index in [0.717, 1.165) is 67.4 Å². The Morgan fingerprint density at radius 1 is 1.12 bits per heavy atom. The van der Waals surface area contributed by atoms with Gasteiger partial charge in [-0.05, 0) is 44.7 Å². The van der Waals surface area contributed by atoms with Crippen molar-refractivity contribution in [3.63, 3.8) is 0 Å². The maximum atomic E-state index is 13.4. The Morgan fingerprint density at radius 2 is 1.91 bits per heavy atom. The molecule has 2 saturated heterocycles. The highest BCUT2D eigenvalue weighted by molar-refractivity contribution is 5.97. The van der Waals surface area contributed by atoms with Gasteiger partial charge in [-0.15, -0.1) is 0 Å². The lowest BCUT2D eigenvalue weighted by molar-refractivity contribution is 0.0788. The number of hydrogen-bond acceptors (Lipinski definition) is 5. The van der Waals surface area contributed by atoms with Gasteiger partial charge in [-0.3, -0.25) is 4.79 Å². The molecule has 2 aromatic heterocycles. The molecule has 1 amide bonds. The Hall–Kier alpha value is -2.93. The second kappa shape index (κ2) is 8.90. The van der Waals surface area contributed by atoms with Gasteiger partial charge in [0.15, 0.2) is 5.82 Å². The lowest BCUT2D eigenvalue weighted by Gasteiger charge is -2.18. The molecule has 2 aliphatic rings. The number of amides is 1. The Labute approximate surface area is 188 Å². The van der Waals surface area contributed by atoms with Crippen molar-refractivity contribution in [2.45, 2.75) is 51.5 Å². The Morgan fingerprint density at radius 3 is 2.66 bits per heavy atom. The Bertz CT molecular complexity index is 1080. The fourth-order valence-electron chi connectivity index (χ4n) is 4.97. The van der Waals surface area contributed by atoms with E-state index in [0.29, 0.717) is 24.9 Å². The van der Waals surface area contributed by atoms with E-state index in [9.17, 15) is 4.79 Å². The van der Waals surface area contributed by atoms with Gasteiger partial charge in [0.1, 0.15) is 0 Å². The average molecular weight is 435 g/mol. The summed E-state index contributed by atoms with van der Waals surface area (Å²) in [5.41, 5.74) is 4.00. The summed E-state index contributed by atoms with van der Waals surface area (Å²) in [5, 5.41) is 4.24. The van der Waals surface area contributed by atoms with E-state index in [4.69, 9.17) is 14.2 Å². The van der Waals surface area contributed by atoms with Crippen molar-refractivity contribution in [1.82, 2.24) is 19.6 Å². The van der Waals surface area contributed by atoms with Crippen LogP contribution in [-0.4, -0.2) is 51.8 Å². The molecule has 0 spiro atoms. The van der Waals surface area contributed by atoms with E-state index in [-0.39, 0.29) is 11.8 Å². The first kappa shape index (κ1) is 20.9. The van der Waals surface area contributed by atoms with Crippen LogP contribution >= 0.6 is 0 Å². The van der Waals surface area contributed by atoms with E-state index in [2.05, 4.69) is 28.8 Å². The molecule has 3 aromatic rings. The van der Waals surface area contributed by atoms with Crippen LogP contribution in [0.4, 0.5) is 0 Å². The smallest absolute Gasteiger partial charge is 0.255 e. The minimum Gasteiger partial charge on any atom is -0.381 e. The lowest BCUT2D eigenvalue weighted by Crippen LogP contribution is -2.28. The van der Waals surface area contributed by atoms with E-state index >= 15 is 0 Å². The molecule has 5 rings (SSSR count). The molecule has 0 bridgehead atoms. The quantitative estimate of drug-likeness (QED) is 0.595. The molecule has 0 radical (unpaired) electrons. The zero-order valence-electron chi connectivity index (χ0n) is 18.8. The first-order chi connectivity index (χ1) is 15.7. The van der Waals surface area contributed by atoms with Gasteiger partial charge in [0.05, 0.1) is 11.5 Å². The maximum Gasteiger partial charge on any atom is 0.255 e. The van der Waals surface area contributed by atoms with Crippen LogP contribution in [0.15, 0.2) is 40.9 Å². The van der Waals surface area contributed by atoms with E-state index < -0.39 is 0 Å². The molecule has 4 heterocycles. The highest BCUT2D eigenvalue weighted by Gasteiger charge is 2.34. The van der Waals surface area contributed by atoms with Crippen LogP contribution in [0.3, 0.4) is 0 Å². The molecule has 1 aromatic carbocycles. The largest absolute Gasteiger partial charge is 0.381 e. The van der Waals surface area contributed by atoms with Crippen molar-refractivity contribution in [2.75, 3.05) is 26.3 Å². The fourth-order valence-corrected chi connectivity index (χ4v) is 4.97. The molecule has 7 nitrogen and oxygen atoms in total. The highest BCUT2D eigenvalue weighted by Crippen LogP contribution is 2.32. The summed E-state index contributed by atoms with van der Waals surface area (Å²) < 4.78 is 13.3. The predicted molar refractivity (Wildman–Crippen MR) is 121 cm³/mol. The Kier molecular flexibility index (Phi) is 5.83. The highest BCUT2D eigenvalue weighted by atomic mass is 16.5. The maximum absolute atomic E-state index is 13.4. The molecule has 168 valence electrons. The third-order valence-corrected chi connectivity index (χ3v) is 6.85. The number of ether oxygens (including phenoxy) is 1. The van der Waals surface area contributed by atoms with Gasteiger partial charge in [-0.25, -0.2) is 0 Å². The molecule has 1 atom stereocenters. The van der Waals surface area contributed by atoms with Crippen LogP contribution in [0.25, 0.3) is 11.3 Å². The number of rotatable bonds is 5. The summed E-state index contributed by atoms with van der Waals surface area (Å²) in [7, 11) is 0. The lowest BCUT2D eigenvalue weighted by atomic mass is 10.00. The molecular formula is C25H30N4O3. The molecule has 0 N–H and O–H groups in total.